The topological polar surface area (TPSA) is 47.5 Å². The van der Waals surface area contributed by atoms with Crippen LogP contribution in [0.4, 0.5) is 0 Å². The zero-order valence-electron chi connectivity index (χ0n) is 13.8. The van der Waals surface area contributed by atoms with Crippen molar-refractivity contribution in [1.82, 2.24) is 14.9 Å². The van der Waals surface area contributed by atoms with E-state index in [4.69, 9.17) is 9.47 Å². The molecule has 24 heavy (non-hydrogen) atoms. The highest BCUT2D eigenvalue weighted by atomic mass is 16.5. The standard InChI is InChI=1S/C19H23N3O2/c1-4-15(10-20-7-1)12-22-13-18(19-17(22)6-3-9-23-19)24-14-16-5-2-8-21-11-16/h1-2,4-5,7-8,10-11,17-19H,3,6,9,12-14H2/t17-,18+,19+/m0/s1. The van der Waals surface area contributed by atoms with E-state index in [0.29, 0.717) is 12.6 Å². The van der Waals surface area contributed by atoms with Crippen molar-refractivity contribution in [3.05, 3.63) is 60.2 Å². The molecule has 5 heteroatoms. The molecule has 0 aromatic carbocycles. The third kappa shape index (κ3) is 3.48. The molecule has 2 saturated heterocycles. The first-order valence-electron chi connectivity index (χ1n) is 8.65. The maximum atomic E-state index is 6.20. The summed E-state index contributed by atoms with van der Waals surface area (Å²) in [6.07, 6.45) is 10.0. The van der Waals surface area contributed by atoms with Crippen LogP contribution in [0.3, 0.4) is 0 Å². The normalized spacial score (nSPS) is 27.1. The molecule has 5 nitrogen and oxygen atoms in total. The number of pyridine rings is 2. The maximum absolute atomic E-state index is 6.20. The summed E-state index contributed by atoms with van der Waals surface area (Å²) >= 11 is 0. The van der Waals surface area contributed by atoms with Gasteiger partial charge in [-0.15, -0.1) is 0 Å². The van der Waals surface area contributed by atoms with Crippen molar-refractivity contribution in [2.45, 2.75) is 44.2 Å². The van der Waals surface area contributed by atoms with E-state index in [2.05, 4.69) is 27.0 Å². The van der Waals surface area contributed by atoms with Crippen molar-refractivity contribution in [1.29, 1.82) is 0 Å². The molecule has 2 aliphatic rings. The largest absolute Gasteiger partial charge is 0.374 e. The highest BCUT2D eigenvalue weighted by Gasteiger charge is 2.44. The second kappa shape index (κ2) is 7.38. The van der Waals surface area contributed by atoms with Crippen LogP contribution in [-0.4, -0.2) is 46.3 Å². The Morgan fingerprint density at radius 3 is 2.67 bits per heavy atom. The van der Waals surface area contributed by atoms with Gasteiger partial charge in [-0.25, -0.2) is 0 Å². The van der Waals surface area contributed by atoms with Crippen LogP contribution in [-0.2, 0) is 22.6 Å². The second-order valence-electron chi connectivity index (χ2n) is 6.55. The number of fused-ring (bicyclic) bond motifs is 1. The van der Waals surface area contributed by atoms with Crippen molar-refractivity contribution in [3.63, 3.8) is 0 Å². The smallest absolute Gasteiger partial charge is 0.100 e. The van der Waals surface area contributed by atoms with Crippen LogP contribution in [0.2, 0.25) is 0 Å². The molecule has 2 aromatic heterocycles. The fraction of sp³-hybridized carbons (Fsp3) is 0.474. The number of aromatic nitrogens is 2. The zero-order chi connectivity index (χ0) is 16.2. The Kier molecular flexibility index (Phi) is 4.83. The molecule has 4 heterocycles. The van der Waals surface area contributed by atoms with Crippen LogP contribution >= 0.6 is 0 Å². The van der Waals surface area contributed by atoms with Gasteiger partial charge in [0.15, 0.2) is 0 Å². The minimum atomic E-state index is 0.118. The van der Waals surface area contributed by atoms with Crippen LogP contribution in [0.1, 0.15) is 24.0 Å². The fourth-order valence-corrected chi connectivity index (χ4v) is 3.75. The van der Waals surface area contributed by atoms with Gasteiger partial charge in [0, 0.05) is 50.5 Å². The third-order valence-corrected chi connectivity index (χ3v) is 4.88. The van der Waals surface area contributed by atoms with E-state index in [1.165, 1.54) is 12.0 Å². The summed E-state index contributed by atoms with van der Waals surface area (Å²) in [6, 6.07) is 8.57. The number of hydrogen-bond donors (Lipinski definition) is 0. The number of hydrogen-bond acceptors (Lipinski definition) is 5. The summed E-state index contributed by atoms with van der Waals surface area (Å²) in [4.78, 5) is 10.9. The molecular weight excluding hydrogens is 302 g/mol. The molecule has 4 rings (SSSR count). The van der Waals surface area contributed by atoms with Gasteiger partial charge in [-0.2, -0.15) is 0 Å². The van der Waals surface area contributed by atoms with Gasteiger partial charge < -0.3 is 9.47 Å². The van der Waals surface area contributed by atoms with Gasteiger partial charge in [-0.3, -0.25) is 14.9 Å². The number of likely N-dealkylation sites (tertiary alicyclic amines) is 1. The summed E-state index contributed by atoms with van der Waals surface area (Å²) in [6.45, 7) is 3.25. The average Bonchev–Trinajstić information content (AvgIpc) is 3.00. The van der Waals surface area contributed by atoms with E-state index in [-0.39, 0.29) is 12.2 Å². The highest BCUT2D eigenvalue weighted by Crippen LogP contribution is 2.32. The van der Waals surface area contributed by atoms with Gasteiger partial charge in [-0.1, -0.05) is 12.1 Å². The molecule has 0 N–H and O–H groups in total. The predicted octanol–water partition coefficient (Wildman–Crippen LogP) is 2.43. The first kappa shape index (κ1) is 15.7. The Balaban J connectivity index is 1.43. The molecule has 2 fully saturated rings. The Morgan fingerprint density at radius 2 is 1.92 bits per heavy atom. The lowest BCUT2D eigenvalue weighted by Crippen LogP contribution is -2.41. The quantitative estimate of drug-likeness (QED) is 0.845. The van der Waals surface area contributed by atoms with Gasteiger partial charge in [-0.05, 0) is 36.1 Å². The van der Waals surface area contributed by atoms with Crippen LogP contribution in [0.15, 0.2) is 49.1 Å². The Labute approximate surface area is 142 Å². The molecule has 0 amide bonds. The van der Waals surface area contributed by atoms with Gasteiger partial charge >= 0.3 is 0 Å². The maximum Gasteiger partial charge on any atom is 0.100 e. The van der Waals surface area contributed by atoms with Gasteiger partial charge in [0.2, 0.25) is 0 Å². The first-order valence-corrected chi connectivity index (χ1v) is 8.65. The molecule has 0 radical (unpaired) electrons. The molecule has 3 atom stereocenters. The van der Waals surface area contributed by atoms with Gasteiger partial charge in [0.05, 0.1) is 12.7 Å². The van der Waals surface area contributed by atoms with Crippen molar-refractivity contribution in [3.8, 4) is 0 Å². The molecule has 126 valence electrons. The van der Waals surface area contributed by atoms with E-state index in [1.807, 2.05) is 30.7 Å². The lowest BCUT2D eigenvalue weighted by Gasteiger charge is -2.32. The minimum absolute atomic E-state index is 0.118. The van der Waals surface area contributed by atoms with Crippen LogP contribution < -0.4 is 0 Å². The Hall–Kier alpha value is -1.82. The lowest BCUT2D eigenvalue weighted by atomic mass is 10.0. The van der Waals surface area contributed by atoms with Crippen molar-refractivity contribution >= 4 is 0 Å². The summed E-state index contributed by atoms with van der Waals surface area (Å²) in [5.41, 5.74) is 2.35. The SMILES string of the molecule is c1cncc(CO[C@@H]2CN(Cc3cccnc3)[C@H]3CCCO[C@@H]23)c1. The molecule has 0 saturated carbocycles. The molecule has 0 bridgehead atoms. The van der Waals surface area contributed by atoms with E-state index < -0.39 is 0 Å². The lowest BCUT2D eigenvalue weighted by molar-refractivity contribution is -0.0819. The third-order valence-electron chi connectivity index (χ3n) is 4.88. The molecule has 2 aromatic rings. The number of ether oxygens (including phenoxy) is 2. The van der Waals surface area contributed by atoms with Crippen molar-refractivity contribution < 1.29 is 9.47 Å². The number of nitrogens with zero attached hydrogens (tertiary/aromatic N) is 3. The molecule has 0 spiro atoms. The first-order chi connectivity index (χ1) is 11.9. The van der Waals surface area contributed by atoms with Gasteiger partial charge in [0.25, 0.3) is 0 Å². The highest BCUT2D eigenvalue weighted by molar-refractivity contribution is 5.11. The summed E-state index contributed by atoms with van der Waals surface area (Å²) < 4.78 is 12.3. The average molecular weight is 325 g/mol. The zero-order valence-corrected chi connectivity index (χ0v) is 13.8. The van der Waals surface area contributed by atoms with Crippen LogP contribution in [0, 0.1) is 0 Å². The van der Waals surface area contributed by atoms with E-state index >= 15 is 0 Å². The van der Waals surface area contributed by atoms with Crippen LogP contribution in [0.5, 0.6) is 0 Å². The Bertz CT molecular complexity index is 638. The van der Waals surface area contributed by atoms with E-state index in [1.54, 1.807) is 6.20 Å². The molecule has 0 aliphatic carbocycles. The minimum Gasteiger partial charge on any atom is -0.374 e. The predicted molar refractivity (Wildman–Crippen MR) is 90.2 cm³/mol. The molecule has 0 unspecified atom stereocenters. The molecule has 2 aliphatic heterocycles. The number of rotatable bonds is 5. The summed E-state index contributed by atoms with van der Waals surface area (Å²) in [5, 5.41) is 0. The fourth-order valence-electron chi connectivity index (χ4n) is 3.75. The summed E-state index contributed by atoms with van der Waals surface area (Å²) in [5.74, 6) is 0. The van der Waals surface area contributed by atoms with Crippen molar-refractivity contribution in [2.75, 3.05) is 13.2 Å². The summed E-state index contributed by atoms with van der Waals surface area (Å²) in [7, 11) is 0. The van der Waals surface area contributed by atoms with Crippen molar-refractivity contribution in [2.24, 2.45) is 0 Å². The van der Waals surface area contributed by atoms with E-state index in [0.717, 1.165) is 31.7 Å². The molecular formula is C19H23N3O2. The van der Waals surface area contributed by atoms with Gasteiger partial charge in [0.1, 0.15) is 6.10 Å². The monoisotopic (exact) mass is 325 g/mol. The second-order valence-corrected chi connectivity index (χ2v) is 6.55. The Morgan fingerprint density at radius 1 is 1.12 bits per heavy atom. The van der Waals surface area contributed by atoms with E-state index in [9.17, 15) is 0 Å². The van der Waals surface area contributed by atoms with Crippen LogP contribution in [0.25, 0.3) is 0 Å².